The number of aliphatic hydroxyl groups is 1. The second kappa shape index (κ2) is 3.47. The Balaban J connectivity index is 2.18. The Bertz CT molecular complexity index is 296. The number of nitrogens with zero attached hydrogens (tertiary/aromatic N) is 2. The van der Waals surface area contributed by atoms with Crippen LogP contribution in [0.5, 0.6) is 0 Å². The van der Waals surface area contributed by atoms with Gasteiger partial charge in [-0.25, -0.2) is 0 Å². The third-order valence-electron chi connectivity index (χ3n) is 2.32. The lowest BCUT2D eigenvalue weighted by molar-refractivity contribution is 0.124. The molecule has 0 amide bonds. The highest BCUT2D eigenvalue weighted by Crippen LogP contribution is 2.15. The summed E-state index contributed by atoms with van der Waals surface area (Å²) in [6.45, 7) is 1.18. The fraction of sp³-hybridized carbons (Fsp3) is 0.667. The van der Waals surface area contributed by atoms with Crippen molar-refractivity contribution in [1.82, 2.24) is 9.78 Å². The number of rotatable bonds is 2. The molecule has 0 saturated heterocycles. The van der Waals surface area contributed by atoms with Crippen molar-refractivity contribution in [3.05, 3.63) is 17.5 Å². The summed E-state index contributed by atoms with van der Waals surface area (Å²) >= 11 is 0. The molecule has 13 heavy (non-hydrogen) atoms. The van der Waals surface area contributed by atoms with Crippen LogP contribution in [-0.4, -0.2) is 28.1 Å². The van der Waals surface area contributed by atoms with Gasteiger partial charge in [-0.2, -0.15) is 5.10 Å². The number of fused-ring (bicyclic) bond motifs is 1. The van der Waals surface area contributed by atoms with E-state index in [0.29, 0.717) is 13.2 Å². The first-order valence-electron chi connectivity index (χ1n) is 4.52. The molecule has 0 fully saturated rings. The van der Waals surface area contributed by atoms with Gasteiger partial charge < -0.3 is 9.84 Å². The molecular formula is C9H14N2O2. The molecule has 1 aliphatic heterocycles. The first-order chi connectivity index (χ1) is 6.29. The third kappa shape index (κ3) is 1.73. The number of aliphatic hydroxyl groups excluding tert-OH is 1. The maximum atomic E-state index is 9.40. The quantitative estimate of drug-likeness (QED) is 0.717. The van der Waals surface area contributed by atoms with E-state index in [1.807, 2.05) is 4.68 Å². The van der Waals surface area contributed by atoms with Crippen molar-refractivity contribution in [1.29, 1.82) is 0 Å². The Morgan fingerprint density at radius 1 is 1.77 bits per heavy atom. The molecule has 1 unspecified atom stereocenters. The van der Waals surface area contributed by atoms with Crippen LogP contribution in [0.25, 0.3) is 0 Å². The molecule has 1 aromatic rings. The highest BCUT2D eigenvalue weighted by Gasteiger charge is 2.17. The van der Waals surface area contributed by atoms with Gasteiger partial charge in [-0.1, -0.05) is 0 Å². The third-order valence-corrected chi connectivity index (χ3v) is 2.32. The smallest absolute Gasteiger partial charge is 0.0902 e. The number of methoxy groups -OCH3 is 1. The SMILES string of the molecule is COCc1cc2n(n1)CC(O)CC2. The standard InChI is InChI=1S/C9H14N2O2/c1-13-6-7-4-8-2-3-9(12)5-11(8)10-7/h4,9,12H,2-3,5-6H2,1H3. The Kier molecular flexibility index (Phi) is 2.33. The Morgan fingerprint density at radius 2 is 2.62 bits per heavy atom. The summed E-state index contributed by atoms with van der Waals surface area (Å²) in [4.78, 5) is 0. The van der Waals surface area contributed by atoms with Crippen molar-refractivity contribution in [3.8, 4) is 0 Å². The van der Waals surface area contributed by atoms with Gasteiger partial charge in [0.1, 0.15) is 0 Å². The van der Waals surface area contributed by atoms with E-state index in [1.165, 1.54) is 5.69 Å². The molecule has 0 radical (unpaired) electrons. The monoisotopic (exact) mass is 182 g/mol. The van der Waals surface area contributed by atoms with Crippen LogP contribution in [0.15, 0.2) is 6.07 Å². The second-order valence-corrected chi connectivity index (χ2v) is 3.43. The van der Waals surface area contributed by atoms with E-state index in [-0.39, 0.29) is 6.10 Å². The van der Waals surface area contributed by atoms with Crippen molar-refractivity contribution in [2.45, 2.75) is 32.1 Å². The molecule has 4 heteroatoms. The minimum atomic E-state index is -0.234. The molecule has 1 aromatic heterocycles. The van der Waals surface area contributed by atoms with E-state index < -0.39 is 0 Å². The largest absolute Gasteiger partial charge is 0.391 e. The van der Waals surface area contributed by atoms with Crippen LogP contribution in [0.3, 0.4) is 0 Å². The van der Waals surface area contributed by atoms with Gasteiger partial charge in [-0.15, -0.1) is 0 Å². The summed E-state index contributed by atoms with van der Waals surface area (Å²) in [6, 6.07) is 2.05. The van der Waals surface area contributed by atoms with Crippen molar-refractivity contribution in [3.63, 3.8) is 0 Å². The van der Waals surface area contributed by atoms with E-state index in [2.05, 4.69) is 11.2 Å². The summed E-state index contributed by atoms with van der Waals surface area (Å²) in [5.41, 5.74) is 2.16. The maximum Gasteiger partial charge on any atom is 0.0902 e. The van der Waals surface area contributed by atoms with E-state index in [0.717, 1.165) is 18.5 Å². The molecular weight excluding hydrogens is 168 g/mol. The number of aromatic nitrogens is 2. The average molecular weight is 182 g/mol. The van der Waals surface area contributed by atoms with Gasteiger partial charge in [0.25, 0.3) is 0 Å². The minimum Gasteiger partial charge on any atom is -0.391 e. The van der Waals surface area contributed by atoms with E-state index in [4.69, 9.17) is 4.74 Å². The first kappa shape index (κ1) is 8.72. The van der Waals surface area contributed by atoms with Gasteiger partial charge in [0.15, 0.2) is 0 Å². The zero-order chi connectivity index (χ0) is 9.26. The Morgan fingerprint density at radius 3 is 3.38 bits per heavy atom. The van der Waals surface area contributed by atoms with E-state index in [1.54, 1.807) is 7.11 Å². The predicted molar refractivity (Wildman–Crippen MR) is 47.3 cm³/mol. The molecule has 2 rings (SSSR count). The van der Waals surface area contributed by atoms with Crippen molar-refractivity contribution in [2.24, 2.45) is 0 Å². The van der Waals surface area contributed by atoms with Gasteiger partial charge in [0.2, 0.25) is 0 Å². The van der Waals surface area contributed by atoms with Crippen LogP contribution in [-0.2, 0) is 24.3 Å². The first-order valence-corrected chi connectivity index (χ1v) is 4.52. The summed E-state index contributed by atoms with van der Waals surface area (Å²) in [6.07, 6.45) is 1.53. The zero-order valence-electron chi connectivity index (χ0n) is 7.73. The molecule has 0 aliphatic carbocycles. The summed E-state index contributed by atoms with van der Waals surface area (Å²) in [5.74, 6) is 0. The van der Waals surface area contributed by atoms with Crippen LogP contribution in [0.2, 0.25) is 0 Å². The normalized spacial score (nSPS) is 21.5. The maximum absolute atomic E-state index is 9.40. The van der Waals surface area contributed by atoms with Gasteiger partial charge in [0, 0.05) is 12.8 Å². The molecule has 1 aliphatic rings. The van der Waals surface area contributed by atoms with Gasteiger partial charge >= 0.3 is 0 Å². The van der Waals surface area contributed by atoms with Crippen LogP contribution in [0, 0.1) is 0 Å². The molecule has 0 bridgehead atoms. The molecule has 72 valence electrons. The molecule has 1 atom stereocenters. The minimum absolute atomic E-state index is 0.234. The fourth-order valence-corrected chi connectivity index (χ4v) is 1.70. The van der Waals surface area contributed by atoms with E-state index in [9.17, 15) is 5.11 Å². The van der Waals surface area contributed by atoms with Crippen LogP contribution in [0.4, 0.5) is 0 Å². The fourth-order valence-electron chi connectivity index (χ4n) is 1.70. The van der Waals surface area contributed by atoms with Gasteiger partial charge in [-0.05, 0) is 18.9 Å². The van der Waals surface area contributed by atoms with Gasteiger partial charge in [-0.3, -0.25) is 4.68 Å². The summed E-state index contributed by atoms with van der Waals surface area (Å²) in [7, 11) is 1.66. The van der Waals surface area contributed by atoms with Crippen molar-refractivity contribution >= 4 is 0 Å². The van der Waals surface area contributed by atoms with Crippen LogP contribution >= 0.6 is 0 Å². The summed E-state index contributed by atoms with van der Waals surface area (Å²) < 4.78 is 6.87. The molecule has 0 spiro atoms. The molecule has 1 N–H and O–H groups in total. The predicted octanol–water partition coefficient (Wildman–Crippen LogP) is 0.337. The van der Waals surface area contributed by atoms with Crippen molar-refractivity contribution < 1.29 is 9.84 Å². The van der Waals surface area contributed by atoms with Crippen molar-refractivity contribution in [2.75, 3.05) is 7.11 Å². The lowest BCUT2D eigenvalue weighted by Crippen LogP contribution is -2.24. The molecule has 0 aromatic carbocycles. The number of hydrogen-bond acceptors (Lipinski definition) is 3. The summed E-state index contributed by atoms with van der Waals surface area (Å²) in [5, 5.41) is 13.7. The van der Waals surface area contributed by atoms with Crippen LogP contribution < -0.4 is 0 Å². The zero-order valence-corrected chi connectivity index (χ0v) is 7.73. The molecule has 2 heterocycles. The average Bonchev–Trinajstić information content (AvgIpc) is 2.46. The number of hydrogen-bond donors (Lipinski definition) is 1. The van der Waals surface area contributed by atoms with E-state index >= 15 is 0 Å². The Labute approximate surface area is 77.1 Å². The highest BCUT2D eigenvalue weighted by molar-refractivity contribution is 5.11. The molecule has 4 nitrogen and oxygen atoms in total. The lowest BCUT2D eigenvalue weighted by Gasteiger charge is -2.18. The number of ether oxygens (including phenoxy) is 1. The van der Waals surface area contributed by atoms with Crippen LogP contribution in [0.1, 0.15) is 17.8 Å². The molecule has 0 saturated carbocycles. The lowest BCUT2D eigenvalue weighted by atomic mass is 10.1. The van der Waals surface area contributed by atoms with Gasteiger partial charge in [0.05, 0.1) is 24.9 Å². The Hall–Kier alpha value is -0.870. The number of aryl methyl sites for hydroxylation is 1. The topological polar surface area (TPSA) is 47.3 Å². The second-order valence-electron chi connectivity index (χ2n) is 3.43. The highest BCUT2D eigenvalue weighted by atomic mass is 16.5.